The molecule has 0 radical (unpaired) electrons. The average Bonchev–Trinajstić information content (AvgIpc) is 2.75. The van der Waals surface area contributed by atoms with E-state index in [1.165, 1.54) is 0 Å². The molecule has 2 aromatic carbocycles. The summed E-state index contributed by atoms with van der Waals surface area (Å²) >= 11 is 0. The highest BCUT2D eigenvalue weighted by Crippen LogP contribution is 2.42. The summed E-state index contributed by atoms with van der Waals surface area (Å²) in [7, 11) is 0.570. The fourth-order valence-corrected chi connectivity index (χ4v) is 4.46. The quantitative estimate of drug-likeness (QED) is 0.556. The number of ether oxygens (including phenoxy) is 1. The Hall–Kier alpha value is -2.64. The molecule has 0 saturated carbocycles. The van der Waals surface area contributed by atoms with Crippen LogP contribution in [0.3, 0.4) is 0 Å². The van der Waals surface area contributed by atoms with Gasteiger partial charge < -0.3 is 19.8 Å². The minimum Gasteiger partial charge on any atom is -0.445 e. The number of para-hydroxylation sites is 1. The Labute approximate surface area is 194 Å². The topological polar surface area (TPSA) is 76.7 Å². The number of carbonyl (C=O) groups excluding carboxylic acids is 2. The van der Waals surface area contributed by atoms with Crippen molar-refractivity contribution >= 4 is 28.2 Å². The molecule has 0 aromatic heterocycles. The van der Waals surface area contributed by atoms with Gasteiger partial charge in [-0.05, 0) is 36.3 Å². The van der Waals surface area contributed by atoms with Crippen LogP contribution in [0.5, 0.6) is 0 Å². The van der Waals surface area contributed by atoms with E-state index in [4.69, 9.17) is 9.16 Å². The maximum absolute atomic E-state index is 12.5. The average molecular weight is 457 g/mol. The molecule has 0 aliphatic heterocycles. The van der Waals surface area contributed by atoms with Crippen LogP contribution >= 0.6 is 0 Å². The smallest absolute Gasteiger partial charge is 0.407 e. The molecule has 2 atom stereocenters. The molecule has 6 nitrogen and oxygen atoms in total. The van der Waals surface area contributed by atoms with Gasteiger partial charge in [-0.1, -0.05) is 76.2 Å². The number of anilines is 1. The lowest BCUT2D eigenvalue weighted by molar-refractivity contribution is -0.115. The van der Waals surface area contributed by atoms with Gasteiger partial charge in [0.15, 0.2) is 0 Å². The number of hydrogen-bond acceptors (Lipinski definition) is 4. The van der Waals surface area contributed by atoms with Gasteiger partial charge in [-0.3, -0.25) is 4.79 Å². The van der Waals surface area contributed by atoms with E-state index >= 15 is 0 Å². The van der Waals surface area contributed by atoms with Gasteiger partial charge in [0.1, 0.15) is 23.6 Å². The third kappa shape index (κ3) is 7.49. The molecule has 0 aliphatic carbocycles. The highest BCUT2D eigenvalue weighted by atomic mass is 28.2. The Morgan fingerprint density at radius 3 is 2.25 bits per heavy atom. The van der Waals surface area contributed by atoms with Crippen LogP contribution < -0.4 is 10.6 Å². The second-order valence-corrected chi connectivity index (χ2v) is 9.89. The number of amides is 2. The highest BCUT2D eigenvalue weighted by molar-refractivity contribution is 5.98. The molecule has 174 valence electrons. The van der Waals surface area contributed by atoms with Crippen molar-refractivity contribution in [2.45, 2.75) is 53.2 Å². The van der Waals surface area contributed by atoms with E-state index in [9.17, 15) is 9.59 Å². The third-order valence-corrected chi connectivity index (χ3v) is 6.47. The summed E-state index contributed by atoms with van der Waals surface area (Å²) in [6, 6.07) is 17.1. The van der Waals surface area contributed by atoms with Crippen molar-refractivity contribution in [1.82, 2.24) is 5.32 Å². The van der Waals surface area contributed by atoms with Gasteiger partial charge in [-0.2, -0.15) is 0 Å². The van der Waals surface area contributed by atoms with Crippen LogP contribution in [0.4, 0.5) is 10.5 Å². The molecule has 32 heavy (non-hydrogen) atoms. The molecule has 2 unspecified atom stereocenters. The first-order valence-corrected chi connectivity index (χ1v) is 11.8. The predicted molar refractivity (Wildman–Crippen MR) is 131 cm³/mol. The summed E-state index contributed by atoms with van der Waals surface area (Å²) in [6.07, 6.45) is 0.340. The highest BCUT2D eigenvalue weighted by Gasteiger charge is 2.36. The fourth-order valence-electron chi connectivity index (χ4n) is 3.84. The van der Waals surface area contributed by atoms with Crippen LogP contribution in [-0.4, -0.2) is 29.0 Å². The summed E-state index contributed by atoms with van der Waals surface area (Å²) in [6.45, 7) is 10.9. The lowest BCUT2D eigenvalue weighted by Crippen LogP contribution is -2.37. The Morgan fingerprint density at radius 1 is 1.00 bits per heavy atom. The van der Waals surface area contributed by atoms with E-state index in [1.54, 1.807) is 0 Å². The van der Waals surface area contributed by atoms with E-state index < -0.39 is 11.7 Å². The van der Waals surface area contributed by atoms with Crippen molar-refractivity contribution in [2.75, 3.05) is 11.9 Å². The third-order valence-electron chi connectivity index (χ3n) is 5.62. The van der Waals surface area contributed by atoms with Crippen molar-refractivity contribution in [3.8, 4) is 0 Å². The predicted octanol–water partition coefficient (Wildman–Crippen LogP) is 4.14. The zero-order valence-corrected chi connectivity index (χ0v) is 22.0. The van der Waals surface area contributed by atoms with Crippen LogP contribution in [0, 0.1) is 11.3 Å². The number of rotatable bonds is 9. The second kappa shape index (κ2) is 11.3. The largest absolute Gasteiger partial charge is 0.445 e. The Morgan fingerprint density at radius 2 is 1.62 bits per heavy atom. The molecule has 0 bridgehead atoms. The van der Waals surface area contributed by atoms with E-state index in [1.807, 2.05) is 54.6 Å². The maximum atomic E-state index is 12.5. The van der Waals surface area contributed by atoms with Gasteiger partial charge in [0.05, 0.1) is 5.60 Å². The number of benzene rings is 2. The van der Waals surface area contributed by atoms with Crippen molar-refractivity contribution in [2.24, 2.45) is 11.3 Å². The van der Waals surface area contributed by atoms with E-state index in [-0.39, 0.29) is 30.4 Å². The summed E-state index contributed by atoms with van der Waals surface area (Å²) in [4.78, 5) is 24.5. The number of carbonyl (C=O) groups is 2. The SMILES string of the molecule is CC(CC(C)(C)C)C(C)(O[SiH3])c1ccccc1NC(=O)CNC(=O)OCc1ccccc1. The standard InChI is InChI=1S/C25H36N2O4Si/c1-18(15-24(2,3)4)25(5,31-32)20-13-9-10-14-21(20)27-22(28)16-26-23(29)30-17-19-11-7-6-8-12-19/h6-14,18H,15-17H2,1-5,32H3,(H,26,29)(H,27,28). The zero-order chi connectivity index (χ0) is 23.8. The molecule has 0 heterocycles. The van der Waals surface area contributed by atoms with E-state index in [0.29, 0.717) is 16.2 Å². The lowest BCUT2D eigenvalue weighted by Gasteiger charge is -2.40. The molecule has 0 spiro atoms. The van der Waals surface area contributed by atoms with Crippen LogP contribution in [0.25, 0.3) is 0 Å². The molecule has 7 heteroatoms. The molecule has 0 fully saturated rings. The fraction of sp³-hybridized carbons (Fsp3) is 0.440. The van der Waals surface area contributed by atoms with Gasteiger partial charge in [-0.15, -0.1) is 0 Å². The first-order valence-electron chi connectivity index (χ1n) is 10.9. The summed E-state index contributed by atoms with van der Waals surface area (Å²) < 4.78 is 11.3. The molecule has 2 amide bonds. The number of alkyl carbamates (subject to hydrolysis) is 1. The van der Waals surface area contributed by atoms with E-state index in [2.05, 4.69) is 45.3 Å². The van der Waals surface area contributed by atoms with Gasteiger partial charge in [0.2, 0.25) is 5.91 Å². The molecule has 2 N–H and O–H groups in total. The molecule has 0 aliphatic rings. The minimum absolute atomic E-state index is 0.152. The van der Waals surface area contributed by atoms with Crippen LogP contribution in [-0.2, 0) is 26.2 Å². The minimum atomic E-state index is -0.635. The number of nitrogens with one attached hydrogen (secondary N) is 2. The zero-order valence-electron chi connectivity index (χ0n) is 20.0. The Kier molecular flexibility index (Phi) is 9.04. The molecule has 2 aromatic rings. The van der Waals surface area contributed by atoms with Gasteiger partial charge in [-0.25, -0.2) is 4.79 Å². The van der Waals surface area contributed by atoms with Crippen molar-refractivity contribution < 1.29 is 18.8 Å². The summed E-state index contributed by atoms with van der Waals surface area (Å²) in [5.41, 5.74) is 2.14. The second-order valence-electron chi connectivity index (χ2n) is 9.49. The van der Waals surface area contributed by atoms with E-state index in [0.717, 1.165) is 17.5 Å². The van der Waals surface area contributed by atoms with Gasteiger partial charge in [0.25, 0.3) is 0 Å². The molecule has 2 rings (SSSR count). The monoisotopic (exact) mass is 456 g/mol. The number of hydrogen-bond donors (Lipinski definition) is 2. The Bertz CT molecular complexity index is 898. The molecular weight excluding hydrogens is 420 g/mol. The van der Waals surface area contributed by atoms with Gasteiger partial charge >= 0.3 is 6.09 Å². The van der Waals surface area contributed by atoms with Crippen molar-refractivity contribution in [3.05, 3.63) is 65.7 Å². The van der Waals surface area contributed by atoms with Crippen LogP contribution in [0.2, 0.25) is 0 Å². The first-order chi connectivity index (χ1) is 15.0. The summed E-state index contributed by atoms with van der Waals surface area (Å²) in [5, 5.41) is 5.42. The first kappa shape index (κ1) is 25.6. The van der Waals surface area contributed by atoms with Crippen LogP contribution in [0.1, 0.15) is 52.2 Å². The Balaban J connectivity index is 2.00. The summed E-state index contributed by atoms with van der Waals surface area (Å²) in [5.74, 6) is -0.0857. The van der Waals surface area contributed by atoms with Crippen molar-refractivity contribution in [3.63, 3.8) is 0 Å². The maximum Gasteiger partial charge on any atom is 0.407 e. The van der Waals surface area contributed by atoms with Crippen LogP contribution in [0.15, 0.2) is 54.6 Å². The van der Waals surface area contributed by atoms with Gasteiger partial charge in [0, 0.05) is 11.3 Å². The molecule has 0 saturated heterocycles. The normalized spacial score (nSPS) is 14.3. The lowest BCUT2D eigenvalue weighted by atomic mass is 9.74. The van der Waals surface area contributed by atoms with Crippen molar-refractivity contribution in [1.29, 1.82) is 0 Å². The molecular formula is C25H36N2O4Si.